The summed E-state index contributed by atoms with van der Waals surface area (Å²) in [7, 11) is 0. The number of aryl methyl sites for hydroxylation is 1. The maximum atomic E-state index is 12.8. The van der Waals surface area contributed by atoms with E-state index in [2.05, 4.69) is 33.0 Å². The molecule has 0 aliphatic carbocycles. The molecule has 3 amide bonds. The molecule has 1 fully saturated rings. The highest BCUT2D eigenvalue weighted by atomic mass is 16.2. The van der Waals surface area contributed by atoms with Crippen LogP contribution >= 0.6 is 0 Å². The maximum Gasteiger partial charge on any atom is 0.319 e. The minimum atomic E-state index is -0.425. The van der Waals surface area contributed by atoms with Gasteiger partial charge in [0.2, 0.25) is 5.91 Å². The molecule has 1 heterocycles. The second-order valence-corrected chi connectivity index (χ2v) is 9.11. The van der Waals surface area contributed by atoms with Gasteiger partial charge in [-0.05, 0) is 61.7 Å². The Morgan fingerprint density at radius 2 is 1.51 bits per heavy atom. The molecule has 35 heavy (non-hydrogen) atoms. The molecular weight excluding hydrogens is 436 g/mol. The molecule has 3 N–H and O–H groups in total. The second-order valence-electron chi connectivity index (χ2n) is 9.11. The van der Waals surface area contributed by atoms with Gasteiger partial charge in [0.15, 0.2) is 0 Å². The monoisotopic (exact) mass is 470 g/mol. The molecule has 1 aliphatic rings. The van der Waals surface area contributed by atoms with E-state index in [9.17, 15) is 9.59 Å². The standard InChI is InChI=1S/C29H34N4O2/c1-22-9-11-25(12-10-22)27(21-28(34)30-17-20-33-18-5-6-19-33)32-29(35)31-26-15-13-24(14-16-26)23-7-3-2-4-8-23/h2-4,7-16,27H,5-6,17-21H2,1H3,(H,30,34)(H2,31,32,35)/t27-/m1/s1. The molecule has 6 nitrogen and oxygen atoms in total. The molecule has 0 saturated carbocycles. The van der Waals surface area contributed by atoms with Crippen LogP contribution in [-0.4, -0.2) is 43.0 Å². The number of nitrogens with zero attached hydrogens (tertiary/aromatic N) is 1. The van der Waals surface area contributed by atoms with E-state index in [1.54, 1.807) is 0 Å². The number of benzene rings is 3. The van der Waals surface area contributed by atoms with Crippen molar-refractivity contribution >= 4 is 17.6 Å². The highest BCUT2D eigenvalue weighted by Crippen LogP contribution is 2.22. The van der Waals surface area contributed by atoms with E-state index in [1.165, 1.54) is 12.8 Å². The van der Waals surface area contributed by atoms with Crippen LogP contribution in [0.2, 0.25) is 0 Å². The highest BCUT2D eigenvalue weighted by Gasteiger charge is 2.19. The fraction of sp³-hybridized carbons (Fsp3) is 0.310. The van der Waals surface area contributed by atoms with E-state index in [-0.39, 0.29) is 18.4 Å². The average molecular weight is 471 g/mol. The first-order valence-corrected chi connectivity index (χ1v) is 12.4. The third kappa shape index (κ3) is 7.42. The van der Waals surface area contributed by atoms with Gasteiger partial charge in [-0.15, -0.1) is 0 Å². The SMILES string of the molecule is Cc1ccc([C@@H](CC(=O)NCCN2CCCC2)NC(=O)Nc2ccc(-c3ccccc3)cc2)cc1. The molecule has 182 valence electrons. The smallest absolute Gasteiger partial charge is 0.319 e. The van der Waals surface area contributed by atoms with Gasteiger partial charge < -0.3 is 20.9 Å². The van der Waals surface area contributed by atoms with Crippen LogP contribution < -0.4 is 16.0 Å². The number of carbonyl (C=O) groups excluding carboxylic acids is 2. The maximum absolute atomic E-state index is 12.8. The van der Waals surface area contributed by atoms with Crippen LogP contribution in [0, 0.1) is 6.92 Å². The van der Waals surface area contributed by atoms with Crippen LogP contribution in [0.3, 0.4) is 0 Å². The summed E-state index contributed by atoms with van der Waals surface area (Å²) in [5.74, 6) is -0.0673. The van der Waals surface area contributed by atoms with Gasteiger partial charge in [-0.25, -0.2) is 4.79 Å². The number of amides is 3. The molecule has 0 radical (unpaired) electrons. The molecule has 1 atom stereocenters. The van der Waals surface area contributed by atoms with Crippen molar-refractivity contribution in [2.24, 2.45) is 0 Å². The van der Waals surface area contributed by atoms with Gasteiger partial charge in [0.05, 0.1) is 12.5 Å². The quantitative estimate of drug-likeness (QED) is 0.406. The lowest BCUT2D eigenvalue weighted by Crippen LogP contribution is -2.38. The van der Waals surface area contributed by atoms with Gasteiger partial charge in [-0.2, -0.15) is 0 Å². The number of likely N-dealkylation sites (tertiary alicyclic amines) is 1. The number of urea groups is 1. The predicted molar refractivity (Wildman–Crippen MR) is 141 cm³/mol. The normalized spacial score (nSPS) is 14.3. The average Bonchev–Trinajstić information content (AvgIpc) is 3.39. The van der Waals surface area contributed by atoms with Crippen molar-refractivity contribution < 1.29 is 9.59 Å². The number of carbonyl (C=O) groups is 2. The van der Waals surface area contributed by atoms with Gasteiger partial charge in [0.25, 0.3) is 0 Å². The molecule has 0 unspecified atom stereocenters. The Morgan fingerprint density at radius 1 is 0.857 bits per heavy atom. The van der Waals surface area contributed by atoms with Crippen LogP contribution in [-0.2, 0) is 4.79 Å². The van der Waals surface area contributed by atoms with Crippen molar-refractivity contribution in [2.75, 3.05) is 31.5 Å². The Morgan fingerprint density at radius 3 is 2.20 bits per heavy atom. The van der Waals surface area contributed by atoms with E-state index < -0.39 is 6.04 Å². The molecule has 0 spiro atoms. The Labute approximate surface area is 207 Å². The van der Waals surface area contributed by atoms with Crippen LogP contribution in [0.25, 0.3) is 11.1 Å². The Bertz CT molecular complexity index is 1090. The zero-order valence-electron chi connectivity index (χ0n) is 20.3. The summed E-state index contributed by atoms with van der Waals surface area (Å²) in [6.45, 7) is 5.72. The minimum Gasteiger partial charge on any atom is -0.355 e. The number of hydrogen-bond acceptors (Lipinski definition) is 3. The topological polar surface area (TPSA) is 73.5 Å². The summed E-state index contributed by atoms with van der Waals surface area (Å²) in [5, 5.41) is 8.90. The fourth-order valence-electron chi connectivity index (χ4n) is 4.37. The first kappa shape index (κ1) is 24.5. The van der Waals surface area contributed by atoms with E-state index in [4.69, 9.17) is 0 Å². The van der Waals surface area contributed by atoms with Crippen molar-refractivity contribution in [3.05, 3.63) is 90.0 Å². The van der Waals surface area contributed by atoms with Gasteiger partial charge in [-0.1, -0.05) is 72.3 Å². The largest absolute Gasteiger partial charge is 0.355 e. The number of hydrogen-bond donors (Lipinski definition) is 3. The van der Waals surface area contributed by atoms with Gasteiger partial charge in [-0.3, -0.25) is 4.79 Å². The lowest BCUT2D eigenvalue weighted by Gasteiger charge is -2.20. The predicted octanol–water partition coefficient (Wildman–Crippen LogP) is 5.13. The van der Waals surface area contributed by atoms with Crippen molar-refractivity contribution in [3.63, 3.8) is 0 Å². The minimum absolute atomic E-state index is 0.0673. The first-order chi connectivity index (χ1) is 17.1. The molecule has 0 bridgehead atoms. The molecule has 0 aromatic heterocycles. The van der Waals surface area contributed by atoms with Gasteiger partial charge >= 0.3 is 6.03 Å². The molecule has 1 saturated heterocycles. The summed E-state index contributed by atoms with van der Waals surface area (Å²) in [4.78, 5) is 27.9. The third-order valence-corrected chi connectivity index (χ3v) is 6.37. The first-order valence-electron chi connectivity index (χ1n) is 12.4. The molecule has 3 aromatic carbocycles. The molecule has 4 rings (SSSR count). The lowest BCUT2D eigenvalue weighted by atomic mass is 10.0. The van der Waals surface area contributed by atoms with Gasteiger partial charge in [0.1, 0.15) is 0 Å². The van der Waals surface area contributed by atoms with E-state index in [1.807, 2.05) is 73.7 Å². The summed E-state index contributed by atoms with van der Waals surface area (Å²) >= 11 is 0. The lowest BCUT2D eigenvalue weighted by molar-refractivity contribution is -0.121. The van der Waals surface area contributed by atoms with Crippen LogP contribution in [0.5, 0.6) is 0 Å². The second kappa shape index (κ2) is 12.2. The summed E-state index contributed by atoms with van der Waals surface area (Å²) in [6.07, 6.45) is 2.65. The Balaban J connectivity index is 1.35. The fourth-order valence-corrected chi connectivity index (χ4v) is 4.37. The van der Waals surface area contributed by atoms with Crippen molar-refractivity contribution in [3.8, 4) is 11.1 Å². The van der Waals surface area contributed by atoms with Crippen molar-refractivity contribution in [2.45, 2.75) is 32.2 Å². The van der Waals surface area contributed by atoms with Gasteiger partial charge in [0, 0.05) is 18.8 Å². The summed E-state index contributed by atoms with van der Waals surface area (Å²) in [5.41, 5.74) is 4.93. The Hall–Kier alpha value is -3.64. The molecule has 6 heteroatoms. The molecular formula is C29H34N4O2. The number of anilines is 1. The zero-order chi connectivity index (χ0) is 24.5. The van der Waals surface area contributed by atoms with Crippen molar-refractivity contribution in [1.82, 2.24) is 15.5 Å². The van der Waals surface area contributed by atoms with Crippen molar-refractivity contribution in [1.29, 1.82) is 0 Å². The van der Waals surface area contributed by atoms with E-state index >= 15 is 0 Å². The van der Waals surface area contributed by atoms with E-state index in [0.717, 1.165) is 41.9 Å². The highest BCUT2D eigenvalue weighted by molar-refractivity contribution is 5.90. The third-order valence-electron chi connectivity index (χ3n) is 6.37. The van der Waals surface area contributed by atoms with E-state index in [0.29, 0.717) is 12.2 Å². The zero-order valence-corrected chi connectivity index (χ0v) is 20.3. The Kier molecular flexibility index (Phi) is 8.52. The number of rotatable bonds is 9. The van der Waals surface area contributed by atoms with Crippen LogP contribution in [0.1, 0.15) is 36.4 Å². The summed E-state index contributed by atoms with van der Waals surface area (Å²) in [6, 6.07) is 25.0. The number of nitrogens with one attached hydrogen (secondary N) is 3. The summed E-state index contributed by atoms with van der Waals surface area (Å²) < 4.78 is 0. The van der Waals surface area contributed by atoms with Crippen LogP contribution in [0.4, 0.5) is 10.5 Å². The van der Waals surface area contributed by atoms with Crippen LogP contribution in [0.15, 0.2) is 78.9 Å². The molecule has 3 aromatic rings. The molecule has 1 aliphatic heterocycles.